The van der Waals surface area contributed by atoms with Crippen LogP contribution in [0.2, 0.25) is 0 Å². The van der Waals surface area contributed by atoms with E-state index >= 15 is 0 Å². The van der Waals surface area contributed by atoms with Crippen LogP contribution in [0.1, 0.15) is 44.5 Å². The lowest BCUT2D eigenvalue weighted by atomic mass is 10.1. The van der Waals surface area contributed by atoms with E-state index in [0.717, 1.165) is 27.6 Å². The van der Waals surface area contributed by atoms with E-state index in [-0.39, 0.29) is 11.9 Å². The first-order chi connectivity index (χ1) is 12.5. The molecule has 0 saturated heterocycles. The van der Waals surface area contributed by atoms with E-state index in [9.17, 15) is 4.79 Å². The van der Waals surface area contributed by atoms with Gasteiger partial charge in [0.1, 0.15) is 22.2 Å². The summed E-state index contributed by atoms with van der Waals surface area (Å²) < 4.78 is 5.79. The normalized spacial score (nSPS) is 11.8. The molecule has 1 atom stereocenters. The van der Waals surface area contributed by atoms with Crippen LogP contribution < -0.4 is 10.1 Å². The van der Waals surface area contributed by atoms with Crippen molar-refractivity contribution in [2.45, 2.75) is 33.4 Å². The van der Waals surface area contributed by atoms with Crippen LogP contribution in [-0.2, 0) is 6.61 Å². The number of carbonyl (C=O) groups is 1. The summed E-state index contributed by atoms with van der Waals surface area (Å²) in [6.45, 7) is 6.22. The van der Waals surface area contributed by atoms with Crippen molar-refractivity contribution in [2.24, 2.45) is 0 Å². The van der Waals surface area contributed by atoms with Crippen molar-refractivity contribution in [1.82, 2.24) is 10.3 Å². The Hall–Kier alpha value is -2.66. The summed E-state index contributed by atoms with van der Waals surface area (Å²) in [4.78, 5) is 17.7. The minimum Gasteiger partial charge on any atom is -0.486 e. The van der Waals surface area contributed by atoms with Gasteiger partial charge in [0.15, 0.2) is 0 Å². The van der Waals surface area contributed by atoms with Crippen molar-refractivity contribution in [1.29, 1.82) is 0 Å². The third-order valence-corrected chi connectivity index (χ3v) is 5.18. The second kappa shape index (κ2) is 8.15. The summed E-state index contributed by atoms with van der Waals surface area (Å²) in [5, 5.41) is 3.83. The fourth-order valence-electron chi connectivity index (χ4n) is 2.66. The molecule has 1 unspecified atom stereocenters. The Morgan fingerprint density at radius 3 is 2.65 bits per heavy atom. The quantitative estimate of drug-likeness (QED) is 0.680. The maximum absolute atomic E-state index is 12.6. The molecule has 1 N–H and O–H groups in total. The molecule has 1 aromatic heterocycles. The Bertz CT molecular complexity index is 890. The van der Waals surface area contributed by atoms with Crippen LogP contribution >= 0.6 is 11.3 Å². The van der Waals surface area contributed by atoms with Crippen molar-refractivity contribution in [2.75, 3.05) is 0 Å². The third kappa shape index (κ3) is 4.49. The lowest BCUT2D eigenvalue weighted by Crippen LogP contribution is -2.26. The Morgan fingerprint density at radius 1 is 1.15 bits per heavy atom. The number of ether oxygens (including phenoxy) is 1. The molecular weight excluding hydrogens is 344 g/mol. The minimum atomic E-state index is -0.0989. The predicted molar refractivity (Wildman–Crippen MR) is 105 cm³/mol. The van der Waals surface area contributed by atoms with E-state index in [4.69, 9.17) is 4.74 Å². The Morgan fingerprint density at radius 2 is 1.92 bits per heavy atom. The molecule has 2 aromatic carbocycles. The van der Waals surface area contributed by atoms with Gasteiger partial charge in [0, 0.05) is 0 Å². The van der Waals surface area contributed by atoms with Gasteiger partial charge in [-0.2, -0.15) is 0 Å². The van der Waals surface area contributed by atoms with Gasteiger partial charge in [-0.25, -0.2) is 4.98 Å². The molecule has 0 radical (unpaired) electrons. The van der Waals surface area contributed by atoms with Gasteiger partial charge in [-0.05, 0) is 44.0 Å². The molecule has 5 heteroatoms. The first-order valence-corrected chi connectivity index (χ1v) is 9.36. The maximum atomic E-state index is 12.6. The zero-order valence-corrected chi connectivity index (χ0v) is 16.0. The number of hydrogen-bond acceptors (Lipinski definition) is 4. The van der Waals surface area contributed by atoms with Crippen LogP contribution in [0.15, 0.2) is 54.6 Å². The topological polar surface area (TPSA) is 51.2 Å². The van der Waals surface area contributed by atoms with Crippen molar-refractivity contribution < 1.29 is 9.53 Å². The molecule has 0 aliphatic rings. The molecule has 0 aliphatic carbocycles. The van der Waals surface area contributed by atoms with E-state index < -0.39 is 0 Å². The van der Waals surface area contributed by atoms with E-state index in [1.54, 1.807) is 0 Å². The average molecular weight is 366 g/mol. The lowest BCUT2D eigenvalue weighted by molar-refractivity contribution is 0.0943. The highest BCUT2D eigenvalue weighted by Gasteiger charge is 2.18. The van der Waals surface area contributed by atoms with E-state index in [1.165, 1.54) is 11.3 Å². The number of carbonyl (C=O) groups excluding carboxylic acids is 1. The van der Waals surface area contributed by atoms with Crippen LogP contribution in [0.3, 0.4) is 0 Å². The summed E-state index contributed by atoms with van der Waals surface area (Å²) in [6, 6.07) is 17.7. The van der Waals surface area contributed by atoms with Crippen molar-refractivity contribution >= 4 is 17.2 Å². The molecule has 3 rings (SSSR count). The molecular formula is C21H22N2O2S. The van der Waals surface area contributed by atoms with Gasteiger partial charge in [-0.3, -0.25) is 4.79 Å². The molecule has 134 valence electrons. The summed E-state index contributed by atoms with van der Waals surface area (Å²) in [5.41, 5.74) is 2.95. The van der Waals surface area contributed by atoms with E-state index in [1.807, 2.05) is 75.4 Å². The Labute approximate surface area is 157 Å². The number of rotatable bonds is 6. The zero-order valence-electron chi connectivity index (χ0n) is 15.2. The number of thiazole rings is 1. The fourth-order valence-corrected chi connectivity index (χ4v) is 3.54. The molecule has 0 saturated carbocycles. The lowest BCUT2D eigenvalue weighted by Gasteiger charge is -2.13. The molecule has 0 bridgehead atoms. The summed E-state index contributed by atoms with van der Waals surface area (Å²) in [7, 11) is 0. The third-order valence-electron chi connectivity index (χ3n) is 4.05. The van der Waals surface area contributed by atoms with Gasteiger partial charge < -0.3 is 10.1 Å². The highest BCUT2D eigenvalue weighted by Crippen LogP contribution is 2.22. The van der Waals surface area contributed by atoms with Gasteiger partial charge in [0.25, 0.3) is 5.91 Å². The number of benzene rings is 2. The number of nitrogens with one attached hydrogen (secondary N) is 1. The minimum absolute atomic E-state index is 0.0582. The Balaban J connectivity index is 1.64. The monoisotopic (exact) mass is 366 g/mol. The summed E-state index contributed by atoms with van der Waals surface area (Å²) >= 11 is 1.38. The van der Waals surface area contributed by atoms with Crippen molar-refractivity contribution in [3.8, 4) is 5.75 Å². The first-order valence-electron chi connectivity index (χ1n) is 8.54. The maximum Gasteiger partial charge on any atom is 0.263 e. The second-order valence-corrected chi connectivity index (χ2v) is 7.32. The smallest absolute Gasteiger partial charge is 0.263 e. The highest BCUT2D eigenvalue weighted by molar-refractivity contribution is 7.13. The van der Waals surface area contributed by atoms with Crippen molar-refractivity contribution in [3.63, 3.8) is 0 Å². The van der Waals surface area contributed by atoms with Gasteiger partial charge in [0.2, 0.25) is 0 Å². The van der Waals surface area contributed by atoms with Crippen LogP contribution in [0.25, 0.3) is 0 Å². The first kappa shape index (κ1) is 18.1. The zero-order chi connectivity index (χ0) is 18.5. The molecule has 3 aromatic rings. The molecule has 0 aliphatic heterocycles. The van der Waals surface area contributed by atoms with Crippen LogP contribution in [-0.4, -0.2) is 10.9 Å². The number of hydrogen-bond donors (Lipinski definition) is 1. The fraction of sp³-hybridized carbons (Fsp3) is 0.238. The largest absolute Gasteiger partial charge is 0.486 e. The molecule has 26 heavy (non-hydrogen) atoms. The van der Waals surface area contributed by atoms with Crippen LogP contribution in [0.4, 0.5) is 0 Å². The van der Waals surface area contributed by atoms with Gasteiger partial charge in [0.05, 0.1) is 11.7 Å². The van der Waals surface area contributed by atoms with Crippen molar-refractivity contribution in [3.05, 3.63) is 81.3 Å². The van der Waals surface area contributed by atoms with E-state index in [2.05, 4.69) is 10.3 Å². The molecule has 0 fully saturated rings. The molecule has 0 spiro atoms. The standard InChI is InChI=1S/C21H22N2O2S/c1-14-8-7-11-18(12-14)25-13-19-22-16(3)20(26-19)21(24)23-15(2)17-9-5-4-6-10-17/h4-12,15H,13H2,1-3H3,(H,23,24). The van der Waals surface area contributed by atoms with E-state index in [0.29, 0.717) is 11.5 Å². The van der Waals surface area contributed by atoms with Gasteiger partial charge in [-0.15, -0.1) is 11.3 Å². The predicted octanol–water partition coefficient (Wildman–Crippen LogP) is 4.83. The SMILES string of the molecule is Cc1cccc(OCc2nc(C)c(C(=O)NC(C)c3ccccc3)s2)c1. The highest BCUT2D eigenvalue weighted by atomic mass is 32.1. The van der Waals surface area contributed by atoms with Crippen LogP contribution in [0, 0.1) is 13.8 Å². The number of aromatic nitrogens is 1. The second-order valence-electron chi connectivity index (χ2n) is 6.23. The van der Waals surface area contributed by atoms with Crippen LogP contribution in [0.5, 0.6) is 5.75 Å². The number of nitrogens with zero attached hydrogens (tertiary/aromatic N) is 1. The number of amides is 1. The Kier molecular flexibility index (Phi) is 5.68. The average Bonchev–Trinajstić information content (AvgIpc) is 3.01. The molecule has 1 heterocycles. The summed E-state index contributed by atoms with van der Waals surface area (Å²) in [5.74, 6) is 0.708. The summed E-state index contributed by atoms with van der Waals surface area (Å²) in [6.07, 6.45) is 0. The molecule has 4 nitrogen and oxygen atoms in total. The van der Waals surface area contributed by atoms with Gasteiger partial charge in [-0.1, -0.05) is 42.5 Å². The van der Waals surface area contributed by atoms with Gasteiger partial charge >= 0.3 is 0 Å². The molecule has 1 amide bonds. The number of aryl methyl sites for hydroxylation is 2.